The molecule has 70 heavy (non-hydrogen) atoms. The van der Waals surface area contributed by atoms with E-state index in [1.54, 1.807) is 4.90 Å². The zero-order valence-corrected chi connectivity index (χ0v) is 38.1. The number of hydrogen-bond donors (Lipinski definition) is 0. The minimum absolute atomic E-state index is 0.0968. The highest BCUT2D eigenvalue weighted by molar-refractivity contribution is 5.98. The zero-order valence-electron chi connectivity index (χ0n) is 43.1. The molecule has 11 aromatic carbocycles. The summed E-state index contributed by atoms with van der Waals surface area (Å²) < 4.78 is 43.9. The third-order valence-electron chi connectivity index (χ3n) is 15.0. The van der Waals surface area contributed by atoms with Gasteiger partial charge in [0.25, 0.3) is 0 Å². The Kier molecular flexibility index (Phi) is 7.95. The largest absolute Gasteiger partial charge is 0.310 e. The summed E-state index contributed by atoms with van der Waals surface area (Å²) in [5, 5.41) is 0. The first-order valence-corrected chi connectivity index (χ1v) is 23.9. The molecule has 0 aromatic heterocycles. The summed E-state index contributed by atoms with van der Waals surface area (Å²) in [7, 11) is 0. The van der Waals surface area contributed by atoms with Crippen molar-refractivity contribution in [3.63, 3.8) is 0 Å². The van der Waals surface area contributed by atoms with E-state index in [2.05, 4.69) is 217 Å². The summed E-state index contributed by atoms with van der Waals surface area (Å²) in [6.45, 7) is 0. The second-order valence-corrected chi connectivity index (χ2v) is 18.4. The highest BCUT2D eigenvalue weighted by Crippen LogP contribution is 2.64. The second kappa shape index (κ2) is 15.8. The lowest BCUT2D eigenvalue weighted by Gasteiger charge is -2.34. The molecule has 0 radical (unpaired) electrons. The van der Waals surface area contributed by atoms with Gasteiger partial charge in [-0.05, 0) is 151 Å². The smallest absolute Gasteiger partial charge is 0.0725 e. The third kappa shape index (κ3) is 5.68. The van der Waals surface area contributed by atoms with E-state index in [0.717, 1.165) is 44.9 Å². The van der Waals surface area contributed by atoms with Gasteiger partial charge in [0, 0.05) is 34.1 Å². The van der Waals surface area contributed by atoms with Crippen LogP contribution < -0.4 is 9.80 Å². The minimum atomic E-state index is -0.670. The van der Waals surface area contributed by atoms with Crippen LogP contribution in [0.4, 0.5) is 34.1 Å². The molecule has 328 valence electrons. The number of para-hydroxylation sites is 3. The highest BCUT2D eigenvalue weighted by atomic mass is 15.1. The molecule has 0 fully saturated rings. The highest BCUT2D eigenvalue weighted by Gasteiger charge is 2.52. The van der Waals surface area contributed by atoms with Crippen LogP contribution in [-0.2, 0) is 10.8 Å². The lowest BCUT2D eigenvalue weighted by molar-refractivity contribution is 0.768. The van der Waals surface area contributed by atoms with Crippen molar-refractivity contribution in [1.82, 2.24) is 0 Å². The van der Waals surface area contributed by atoms with Crippen molar-refractivity contribution in [1.29, 1.82) is 0 Å². The molecule has 3 aliphatic rings. The normalized spacial score (nSPS) is 16.0. The number of fused-ring (bicyclic) bond motifs is 13. The fourth-order valence-corrected chi connectivity index (χ4v) is 12.3. The predicted octanol–water partition coefficient (Wildman–Crippen LogP) is 17.3. The third-order valence-corrected chi connectivity index (χ3v) is 15.0. The molecule has 0 amide bonds. The first-order valence-electron chi connectivity index (χ1n) is 26.4. The van der Waals surface area contributed by atoms with Crippen LogP contribution in [0.2, 0.25) is 0 Å². The first-order chi connectivity index (χ1) is 36.8. The lowest BCUT2D eigenvalue weighted by atomic mass is 9.68. The molecule has 2 nitrogen and oxygen atoms in total. The maximum atomic E-state index is 9.11. The minimum Gasteiger partial charge on any atom is -0.310 e. The Labute approximate surface area is 416 Å². The SMILES string of the molecule is [2H]c1c([2H])c([2H])c(N(c2ccccc2)c2ccc3c(c2)-c2ccccc2C32c3ccccc3-c3cc(N(c4ccccc4)c4ccc5c(c4)-c4ccccc4C5(c4ccccc4)c4ccccc4)ccc32)c([2H])c1[2H]. The molecule has 0 N–H and O–H groups in total. The van der Waals surface area contributed by atoms with Crippen molar-refractivity contribution in [3.8, 4) is 33.4 Å². The molecule has 2 heteroatoms. The first kappa shape index (κ1) is 35.2. The molecule has 11 aromatic rings. The van der Waals surface area contributed by atoms with Crippen LogP contribution in [-0.4, -0.2) is 0 Å². The van der Waals surface area contributed by atoms with Gasteiger partial charge < -0.3 is 9.80 Å². The van der Waals surface area contributed by atoms with E-state index >= 15 is 0 Å². The van der Waals surface area contributed by atoms with Crippen LogP contribution in [0.1, 0.15) is 51.4 Å². The van der Waals surface area contributed by atoms with Crippen molar-refractivity contribution >= 4 is 34.1 Å². The van der Waals surface area contributed by atoms with Gasteiger partial charge >= 0.3 is 0 Å². The topological polar surface area (TPSA) is 6.48 Å². The summed E-state index contributed by atoms with van der Waals surface area (Å²) in [6, 6.07) is 87.1. The fourth-order valence-electron chi connectivity index (χ4n) is 12.3. The molecule has 0 aliphatic heterocycles. The molecular weight excluding hydrogens is 845 g/mol. The van der Waals surface area contributed by atoms with Crippen LogP contribution in [0.3, 0.4) is 0 Å². The quantitative estimate of drug-likeness (QED) is 0.150. The van der Waals surface area contributed by atoms with Gasteiger partial charge in [-0.25, -0.2) is 0 Å². The Bertz CT molecular complexity index is 4020. The Morgan fingerprint density at radius 1 is 0.243 bits per heavy atom. The van der Waals surface area contributed by atoms with Gasteiger partial charge in [-0.1, -0.05) is 206 Å². The molecule has 14 rings (SSSR count). The van der Waals surface area contributed by atoms with Crippen LogP contribution in [0.15, 0.2) is 279 Å². The molecule has 0 heterocycles. The molecular formula is C68H46N2. The molecule has 3 aliphatic carbocycles. The Morgan fingerprint density at radius 3 is 0.971 bits per heavy atom. The average molecular weight is 896 g/mol. The molecule has 1 atom stereocenters. The van der Waals surface area contributed by atoms with Gasteiger partial charge in [-0.3, -0.25) is 0 Å². The van der Waals surface area contributed by atoms with Gasteiger partial charge in [-0.15, -0.1) is 0 Å². The van der Waals surface area contributed by atoms with Gasteiger partial charge in [0.2, 0.25) is 0 Å². The van der Waals surface area contributed by atoms with Crippen LogP contribution in [0.25, 0.3) is 33.4 Å². The number of rotatable bonds is 8. The fraction of sp³-hybridized carbons (Fsp3) is 0.0294. The van der Waals surface area contributed by atoms with E-state index in [1.807, 2.05) is 36.4 Å². The summed E-state index contributed by atoms with van der Waals surface area (Å²) in [6.07, 6.45) is 0. The number of hydrogen-bond acceptors (Lipinski definition) is 2. The predicted molar refractivity (Wildman–Crippen MR) is 289 cm³/mol. The van der Waals surface area contributed by atoms with E-state index in [1.165, 1.54) is 50.1 Å². The molecule has 0 saturated heterocycles. The van der Waals surface area contributed by atoms with E-state index in [4.69, 9.17) is 6.85 Å². The summed E-state index contributed by atoms with van der Waals surface area (Å²) >= 11 is 0. The van der Waals surface area contributed by atoms with Gasteiger partial charge in [0.15, 0.2) is 0 Å². The zero-order chi connectivity index (χ0) is 50.6. The van der Waals surface area contributed by atoms with E-state index < -0.39 is 16.9 Å². The molecule has 0 bridgehead atoms. The van der Waals surface area contributed by atoms with Gasteiger partial charge in [0.1, 0.15) is 0 Å². The van der Waals surface area contributed by atoms with Crippen molar-refractivity contribution in [2.24, 2.45) is 0 Å². The lowest BCUT2D eigenvalue weighted by Crippen LogP contribution is -2.28. The van der Waals surface area contributed by atoms with Gasteiger partial charge in [0.05, 0.1) is 17.7 Å². The van der Waals surface area contributed by atoms with Crippen molar-refractivity contribution in [2.75, 3.05) is 9.80 Å². The maximum absolute atomic E-state index is 9.11. The Morgan fingerprint density at radius 2 is 0.557 bits per heavy atom. The van der Waals surface area contributed by atoms with Crippen molar-refractivity contribution in [3.05, 3.63) is 323 Å². The number of nitrogens with zero attached hydrogens (tertiary/aromatic N) is 2. The van der Waals surface area contributed by atoms with Crippen LogP contribution >= 0.6 is 0 Å². The van der Waals surface area contributed by atoms with Crippen LogP contribution in [0.5, 0.6) is 0 Å². The Balaban J connectivity index is 0.957. The van der Waals surface area contributed by atoms with E-state index in [9.17, 15) is 0 Å². The van der Waals surface area contributed by atoms with Gasteiger partial charge in [-0.2, -0.15) is 0 Å². The Hall–Kier alpha value is -8.98. The summed E-state index contributed by atoms with van der Waals surface area (Å²) in [4.78, 5) is 4.19. The number of benzene rings is 11. The summed E-state index contributed by atoms with van der Waals surface area (Å²) in [5.41, 5.74) is 19.9. The monoisotopic (exact) mass is 895 g/mol. The maximum Gasteiger partial charge on any atom is 0.0725 e. The van der Waals surface area contributed by atoms with Crippen molar-refractivity contribution in [2.45, 2.75) is 10.8 Å². The average Bonchev–Trinajstić information content (AvgIpc) is 4.17. The molecule has 1 unspecified atom stereocenters. The molecule has 1 spiro atoms. The molecule has 0 saturated carbocycles. The summed E-state index contributed by atoms with van der Waals surface area (Å²) in [5.74, 6) is 0. The van der Waals surface area contributed by atoms with Crippen molar-refractivity contribution < 1.29 is 6.85 Å². The van der Waals surface area contributed by atoms with Crippen LogP contribution in [0, 0.1) is 0 Å². The second-order valence-electron chi connectivity index (χ2n) is 18.4. The van der Waals surface area contributed by atoms with E-state index in [-0.39, 0.29) is 29.9 Å². The van der Waals surface area contributed by atoms with E-state index in [0.29, 0.717) is 11.4 Å². The standard InChI is InChI=1S/C68H46N2/c1-6-22-47(23-7-1)67(48-24-8-2-9-25-48)61-35-19-16-32-55(61)58-45-53(38-41-64(58)67)70(51-30-14-5-15-31-51)54-40-43-66-60(46-54)57-34-18-21-37-63(57)68(66)62-36-20-17-33-56(62)59-44-52(39-42-65(59)68)69(49-26-10-3-11-27-49)50-28-12-4-13-29-50/h1-46H/i3D,10D,11D,26D,27D. The number of anilines is 6.